The number of aryl methyl sites for hydroxylation is 1. The Morgan fingerprint density at radius 3 is 2.44 bits per heavy atom. The zero-order valence-corrected chi connectivity index (χ0v) is 23.5. The number of carbonyl (C=O) groups excluding carboxylic acids is 4. The number of sulfonamides is 1. The van der Waals surface area contributed by atoms with Crippen LogP contribution in [-0.4, -0.2) is 75.1 Å². The zero-order valence-electron chi connectivity index (χ0n) is 22.7. The monoisotopic (exact) mass is 580 g/mol. The molecule has 214 valence electrons. The molecule has 0 unspecified atom stereocenters. The van der Waals surface area contributed by atoms with Gasteiger partial charge in [-0.15, -0.1) is 0 Å². The first kappa shape index (κ1) is 26.1. The van der Waals surface area contributed by atoms with Crippen LogP contribution in [0.4, 0.5) is 5.69 Å². The van der Waals surface area contributed by atoms with Crippen LogP contribution in [0, 0.1) is 12.3 Å². The van der Waals surface area contributed by atoms with E-state index in [0.29, 0.717) is 12.0 Å². The van der Waals surface area contributed by atoms with Crippen LogP contribution >= 0.6 is 0 Å². The second-order valence-corrected chi connectivity index (χ2v) is 13.3. The number of nitrogens with zero attached hydrogens (tertiary/aromatic N) is 2. The summed E-state index contributed by atoms with van der Waals surface area (Å²) in [7, 11) is -2.11. The smallest absolute Gasteiger partial charge is 0.348 e. The van der Waals surface area contributed by atoms with Gasteiger partial charge in [-0.05, 0) is 43.5 Å². The lowest BCUT2D eigenvalue weighted by Gasteiger charge is -2.56. The van der Waals surface area contributed by atoms with Crippen LogP contribution < -0.4 is 4.31 Å². The van der Waals surface area contributed by atoms with Gasteiger partial charge in [0.25, 0.3) is 10.0 Å². The van der Waals surface area contributed by atoms with E-state index in [4.69, 9.17) is 14.2 Å². The minimum atomic E-state index is -4.41. The number of carbonyl (C=O) groups is 4. The van der Waals surface area contributed by atoms with E-state index in [2.05, 4.69) is 0 Å². The van der Waals surface area contributed by atoms with Crippen LogP contribution in [0.1, 0.15) is 36.8 Å². The fraction of sp³-hybridized carbons (Fsp3) is 0.448. The summed E-state index contributed by atoms with van der Waals surface area (Å²) in [6, 6.07) is 11.5. The third-order valence-corrected chi connectivity index (χ3v) is 11.7. The number of Topliss-reactive ketones (excluding diaryl/α,β-unsaturated/α-hetero) is 1. The molecule has 5 aliphatic rings. The number of amides is 1. The molecule has 7 rings (SSSR count). The van der Waals surface area contributed by atoms with Crippen molar-refractivity contribution in [3.8, 4) is 0 Å². The third-order valence-electron chi connectivity index (χ3n) is 9.88. The topological polar surface area (TPSA) is 137 Å². The number of benzene rings is 2. The highest BCUT2D eigenvalue weighted by atomic mass is 32.2. The first-order valence-electron chi connectivity index (χ1n) is 13.4. The van der Waals surface area contributed by atoms with Gasteiger partial charge in [-0.25, -0.2) is 13.2 Å². The fourth-order valence-electron chi connectivity index (χ4n) is 8.57. The maximum atomic E-state index is 14.9. The summed E-state index contributed by atoms with van der Waals surface area (Å²) in [6.07, 6.45) is -0.134. The Morgan fingerprint density at radius 1 is 1.05 bits per heavy atom. The molecular weight excluding hydrogens is 552 g/mol. The Hall–Kier alpha value is -3.77. The molecule has 4 fully saturated rings. The van der Waals surface area contributed by atoms with Crippen LogP contribution in [-0.2, 0) is 48.8 Å². The molecule has 5 heterocycles. The number of hydrogen-bond acceptors (Lipinski definition) is 9. The summed E-state index contributed by atoms with van der Waals surface area (Å²) in [5.74, 6) is -2.88. The number of methoxy groups -OCH3 is 2. The largest absolute Gasteiger partial charge is 0.469 e. The fourth-order valence-corrected chi connectivity index (χ4v) is 10.3. The molecule has 4 saturated heterocycles. The van der Waals surface area contributed by atoms with E-state index in [1.54, 1.807) is 36.4 Å². The summed E-state index contributed by atoms with van der Waals surface area (Å²) in [6.45, 7) is 2.04. The zero-order chi connectivity index (χ0) is 29.2. The molecule has 5 atom stereocenters. The number of hydrogen-bond donors (Lipinski definition) is 0. The van der Waals surface area contributed by atoms with Gasteiger partial charge in [-0.3, -0.25) is 18.7 Å². The van der Waals surface area contributed by atoms with Crippen molar-refractivity contribution in [1.82, 2.24) is 4.90 Å². The first-order valence-corrected chi connectivity index (χ1v) is 14.8. The van der Waals surface area contributed by atoms with Gasteiger partial charge in [0.2, 0.25) is 11.5 Å². The molecule has 2 aromatic carbocycles. The standard InChI is InChI=1S/C29H28N2O9S/c1-17-9-11-18(12-10-17)41(36,37)31-20-8-5-4-7-19(20)27-15-21(32)30-14-6-13-26(16-22(33)38-2)24(34)28(23(27)31,25(35)39-3)40-29(26,27)30/h4-5,7-12,23H,6,13-16H2,1-3H3/t23-,26-,27+,28-,29+/m1/s1. The van der Waals surface area contributed by atoms with Crippen molar-refractivity contribution in [1.29, 1.82) is 0 Å². The summed E-state index contributed by atoms with van der Waals surface area (Å²) >= 11 is 0. The van der Waals surface area contributed by atoms with Gasteiger partial charge in [0, 0.05) is 13.0 Å². The Balaban J connectivity index is 1.60. The maximum Gasteiger partial charge on any atom is 0.348 e. The van der Waals surface area contributed by atoms with Crippen molar-refractivity contribution >= 4 is 39.3 Å². The predicted molar refractivity (Wildman–Crippen MR) is 141 cm³/mol. The molecule has 2 aromatic rings. The number of piperidine rings is 1. The highest BCUT2D eigenvalue weighted by molar-refractivity contribution is 7.93. The van der Waals surface area contributed by atoms with Crippen LogP contribution in [0.3, 0.4) is 0 Å². The minimum absolute atomic E-state index is 0.0478. The lowest BCUT2D eigenvalue weighted by Crippen LogP contribution is -2.75. The number of ketones is 1. The van der Waals surface area contributed by atoms with Crippen molar-refractivity contribution in [2.75, 3.05) is 25.1 Å². The van der Waals surface area contributed by atoms with Crippen molar-refractivity contribution in [3.05, 3.63) is 59.7 Å². The molecule has 0 radical (unpaired) electrons. The lowest BCUT2D eigenvalue weighted by atomic mass is 9.48. The van der Waals surface area contributed by atoms with E-state index in [1.165, 1.54) is 24.1 Å². The number of rotatable bonds is 5. The first-order chi connectivity index (χ1) is 19.5. The van der Waals surface area contributed by atoms with E-state index < -0.39 is 62.4 Å². The van der Waals surface area contributed by atoms with E-state index in [-0.39, 0.29) is 35.9 Å². The Morgan fingerprint density at radius 2 is 1.76 bits per heavy atom. The Labute approximate surface area is 236 Å². The SMILES string of the molecule is COC(=O)C[C@@]12CCCN3C(=O)C[C@]45c6ccccc6N(S(=O)(=O)c6ccc(C)cc6)[C@H]4[C@@](C(=O)OC)(O[C@@]315)C2=O. The van der Waals surface area contributed by atoms with Crippen molar-refractivity contribution in [2.24, 2.45) is 5.41 Å². The molecule has 0 N–H and O–H groups in total. The van der Waals surface area contributed by atoms with Gasteiger partial charge in [0.15, 0.2) is 11.5 Å². The highest BCUT2D eigenvalue weighted by Gasteiger charge is 2.97. The average Bonchev–Trinajstić information content (AvgIpc) is 3.57. The Kier molecular flexibility index (Phi) is 5.07. The molecule has 12 heteroatoms. The molecule has 2 spiro atoms. The van der Waals surface area contributed by atoms with E-state index in [0.717, 1.165) is 17.0 Å². The van der Waals surface area contributed by atoms with E-state index in [1.807, 2.05) is 6.92 Å². The summed E-state index contributed by atoms with van der Waals surface area (Å²) in [5.41, 5.74) is -5.85. The maximum absolute atomic E-state index is 14.9. The van der Waals surface area contributed by atoms with Crippen LogP contribution in [0.25, 0.3) is 0 Å². The van der Waals surface area contributed by atoms with Crippen LogP contribution in [0.5, 0.6) is 0 Å². The minimum Gasteiger partial charge on any atom is -0.469 e. The molecule has 0 aliphatic carbocycles. The van der Waals surface area contributed by atoms with Crippen molar-refractivity contribution < 1.29 is 41.8 Å². The molecule has 11 nitrogen and oxygen atoms in total. The normalized spacial score (nSPS) is 34.4. The highest BCUT2D eigenvalue weighted by Crippen LogP contribution is 2.79. The summed E-state index contributed by atoms with van der Waals surface area (Å²) < 4.78 is 47.0. The second kappa shape index (κ2) is 7.95. The number of para-hydroxylation sites is 1. The van der Waals surface area contributed by atoms with Crippen LogP contribution in [0.15, 0.2) is 53.4 Å². The summed E-state index contributed by atoms with van der Waals surface area (Å²) in [5, 5.41) is 0. The number of esters is 2. The molecule has 1 amide bonds. The van der Waals surface area contributed by atoms with Crippen molar-refractivity contribution in [3.63, 3.8) is 0 Å². The molecule has 2 bridgehead atoms. The molecule has 0 saturated carbocycles. The number of fused-ring (bicyclic) bond motifs is 3. The molecule has 5 aliphatic heterocycles. The molecule has 41 heavy (non-hydrogen) atoms. The predicted octanol–water partition coefficient (Wildman–Crippen LogP) is 1.61. The molecule has 0 aromatic heterocycles. The quantitative estimate of drug-likeness (QED) is 0.382. The van der Waals surface area contributed by atoms with E-state index >= 15 is 0 Å². The van der Waals surface area contributed by atoms with Gasteiger partial charge < -0.3 is 19.1 Å². The summed E-state index contributed by atoms with van der Waals surface area (Å²) in [4.78, 5) is 57.0. The lowest BCUT2D eigenvalue weighted by molar-refractivity contribution is -0.212. The third kappa shape index (κ3) is 2.58. The van der Waals surface area contributed by atoms with Gasteiger partial charge in [-0.1, -0.05) is 35.9 Å². The van der Waals surface area contributed by atoms with Gasteiger partial charge in [0.1, 0.15) is 6.04 Å². The van der Waals surface area contributed by atoms with E-state index in [9.17, 15) is 27.6 Å². The van der Waals surface area contributed by atoms with Gasteiger partial charge >= 0.3 is 11.9 Å². The van der Waals surface area contributed by atoms with Crippen LogP contribution in [0.2, 0.25) is 0 Å². The van der Waals surface area contributed by atoms with Gasteiger partial charge in [0.05, 0.1) is 42.1 Å². The number of ether oxygens (including phenoxy) is 3. The second-order valence-electron chi connectivity index (χ2n) is 11.5. The average molecular weight is 581 g/mol. The Bertz CT molecular complexity index is 1670. The van der Waals surface area contributed by atoms with Gasteiger partial charge in [-0.2, -0.15) is 0 Å². The number of anilines is 1. The molecular formula is C29H28N2O9S. The van der Waals surface area contributed by atoms with Crippen molar-refractivity contribution in [2.45, 2.75) is 60.3 Å².